The molecule has 0 spiro atoms. The van der Waals surface area contributed by atoms with Crippen LogP contribution in [0.2, 0.25) is 0 Å². The molecule has 0 saturated carbocycles. The maximum absolute atomic E-state index is 10.9. The van der Waals surface area contributed by atoms with E-state index in [2.05, 4.69) is 17.9 Å². The Labute approximate surface area is 86.2 Å². The summed E-state index contributed by atoms with van der Waals surface area (Å²) in [6.45, 7) is 0. The Hall–Kier alpha value is -0.920. The summed E-state index contributed by atoms with van der Waals surface area (Å²) in [5, 5.41) is 2.45. The van der Waals surface area contributed by atoms with E-state index in [1.54, 1.807) is 24.3 Å². The second kappa shape index (κ2) is 2.78. The first-order chi connectivity index (χ1) is 6.42. The van der Waals surface area contributed by atoms with E-state index in [1.807, 2.05) is 0 Å². The van der Waals surface area contributed by atoms with Crippen molar-refractivity contribution in [3.63, 3.8) is 0 Å². The summed E-state index contributed by atoms with van der Waals surface area (Å²) in [4.78, 5) is 0. The van der Waals surface area contributed by atoms with E-state index < -0.39 is 14.5 Å². The quantitative estimate of drug-likeness (QED) is 0.497. The number of benzene rings is 1. The van der Waals surface area contributed by atoms with E-state index in [0.29, 0.717) is 11.4 Å². The average Bonchev–Trinajstić information content (AvgIpc) is 2.40. The lowest BCUT2D eigenvalue weighted by atomic mass is 10.3. The predicted molar refractivity (Wildman–Crippen MR) is 54.0 cm³/mol. The topological polar surface area (TPSA) is 75.6 Å². The fourth-order valence-electron chi connectivity index (χ4n) is 1.12. The summed E-state index contributed by atoms with van der Waals surface area (Å²) < 4.78 is 33.6. The monoisotopic (exact) mass is 233 g/mol. The number of anilines is 1. The fraction of sp³-hybridized carbons (Fsp3) is 0.143. The van der Waals surface area contributed by atoms with Gasteiger partial charge in [0.25, 0.3) is 0 Å². The van der Waals surface area contributed by atoms with E-state index in [0.717, 1.165) is 0 Å². The molecule has 1 atom stereocenters. The summed E-state index contributed by atoms with van der Waals surface area (Å²) in [5.41, 5.74) is 0.472. The van der Waals surface area contributed by atoms with Crippen LogP contribution in [0.5, 0.6) is 5.75 Å². The molecular formula is C7H7NO4S2. The Bertz CT molecular complexity index is 445. The van der Waals surface area contributed by atoms with Crippen molar-refractivity contribution in [2.75, 3.05) is 5.32 Å². The lowest BCUT2D eigenvalue weighted by molar-refractivity contribution is 0.276. The number of hydrogen-bond donors (Lipinski definition) is 3. The van der Waals surface area contributed by atoms with Crippen LogP contribution in [0.1, 0.15) is 0 Å². The molecule has 1 aromatic rings. The first-order valence-electron chi connectivity index (χ1n) is 3.68. The molecule has 0 bridgehead atoms. The van der Waals surface area contributed by atoms with Crippen LogP contribution >= 0.6 is 12.6 Å². The predicted octanol–water partition coefficient (Wildman–Crippen LogP) is 0.920. The second-order valence-corrected chi connectivity index (χ2v) is 5.24. The lowest BCUT2D eigenvalue weighted by Crippen LogP contribution is -2.42. The van der Waals surface area contributed by atoms with Gasteiger partial charge in [-0.3, -0.25) is 4.55 Å². The van der Waals surface area contributed by atoms with Gasteiger partial charge in [0.15, 0.2) is 0 Å². The minimum absolute atomic E-state index is 0.333. The van der Waals surface area contributed by atoms with Crippen LogP contribution < -0.4 is 10.1 Å². The lowest BCUT2D eigenvalue weighted by Gasteiger charge is -2.18. The molecule has 1 heterocycles. The molecule has 1 aliphatic heterocycles. The molecule has 7 heteroatoms. The zero-order valence-electron chi connectivity index (χ0n) is 6.84. The Balaban J connectivity index is 2.45. The van der Waals surface area contributed by atoms with Crippen molar-refractivity contribution >= 4 is 28.4 Å². The fourth-order valence-corrected chi connectivity index (χ4v) is 1.77. The number of thiol groups is 1. The van der Waals surface area contributed by atoms with Gasteiger partial charge in [-0.1, -0.05) is 24.8 Å². The SMILES string of the molecule is O=S(=O)(O)C1(S)Nc2ccccc2O1. The molecular weight excluding hydrogens is 226 g/mol. The van der Waals surface area contributed by atoms with E-state index in [1.165, 1.54) is 0 Å². The van der Waals surface area contributed by atoms with Gasteiger partial charge in [0.1, 0.15) is 5.75 Å². The first-order valence-corrected chi connectivity index (χ1v) is 5.57. The van der Waals surface area contributed by atoms with Crippen molar-refractivity contribution in [3.05, 3.63) is 24.3 Å². The van der Waals surface area contributed by atoms with Gasteiger partial charge in [-0.15, -0.1) is 0 Å². The zero-order chi connectivity index (χ0) is 10.4. The van der Waals surface area contributed by atoms with Gasteiger partial charge < -0.3 is 10.1 Å². The largest absolute Gasteiger partial charge is 0.442 e. The summed E-state index contributed by atoms with van der Waals surface area (Å²) >= 11 is 3.74. The van der Waals surface area contributed by atoms with Gasteiger partial charge in [0.05, 0.1) is 5.69 Å². The maximum atomic E-state index is 10.9. The van der Waals surface area contributed by atoms with Crippen molar-refractivity contribution in [1.82, 2.24) is 0 Å². The van der Waals surface area contributed by atoms with Crippen molar-refractivity contribution in [2.24, 2.45) is 0 Å². The molecule has 2 N–H and O–H groups in total. The van der Waals surface area contributed by atoms with E-state index in [-0.39, 0.29) is 0 Å². The number of fused-ring (bicyclic) bond motifs is 1. The molecule has 0 amide bonds. The van der Waals surface area contributed by atoms with Crippen molar-refractivity contribution in [3.8, 4) is 5.75 Å². The number of para-hydroxylation sites is 2. The second-order valence-electron chi connectivity index (χ2n) is 2.78. The smallest absolute Gasteiger partial charge is 0.356 e. The molecule has 0 fully saturated rings. The minimum Gasteiger partial charge on any atom is -0.442 e. The van der Waals surface area contributed by atoms with Gasteiger partial charge in [0.2, 0.25) is 0 Å². The highest BCUT2D eigenvalue weighted by atomic mass is 32.3. The van der Waals surface area contributed by atoms with Crippen LogP contribution in [0.4, 0.5) is 5.69 Å². The van der Waals surface area contributed by atoms with Crippen LogP contribution in [0.25, 0.3) is 0 Å². The van der Waals surface area contributed by atoms with E-state index in [4.69, 9.17) is 9.29 Å². The van der Waals surface area contributed by atoms with Gasteiger partial charge in [0, 0.05) is 0 Å². The molecule has 0 radical (unpaired) electrons. The van der Waals surface area contributed by atoms with Gasteiger partial charge in [-0.05, 0) is 12.1 Å². The highest BCUT2D eigenvalue weighted by Crippen LogP contribution is 2.40. The molecule has 14 heavy (non-hydrogen) atoms. The third-order valence-corrected chi connectivity index (χ3v) is 3.56. The summed E-state index contributed by atoms with van der Waals surface area (Å²) in [7, 11) is -4.44. The minimum atomic E-state index is -4.44. The molecule has 1 aromatic carbocycles. The molecule has 0 saturated heterocycles. The van der Waals surface area contributed by atoms with Crippen molar-refractivity contribution < 1.29 is 17.7 Å². The van der Waals surface area contributed by atoms with Crippen LogP contribution in [0.15, 0.2) is 24.3 Å². The summed E-state index contributed by atoms with van der Waals surface area (Å²) in [6.07, 6.45) is 0. The summed E-state index contributed by atoms with van der Waals surface area (Å²) in [5.74, 6) is 0.333. The Morgan fingerprint density at radius 3 is 2.64 bits per heavy atom. The summed E-state index contributed by atoms with van der Waals surface area (Å²) in [6, 6.07) is 6.59. The van der Waals surface area contributed by atoms with E-state index >= 15 is 0 Å². The molecule has 2 rings (SSSR count). The van der Waals surface area contributed by atoms with Gasteiger partial charge in [-0.2, -0.15) is 8.42 Å². The Kier molecular flexibility index (Phi) is 1.91. The molecule has 0 aliphatic carbocycles. The number of rotatable bonds is 1. The zero-order valence-corrected chi connectivity index (χ0v) is 8.55. The highest BCUT2D eigenvalue weighted by Gasteiger charge is 2.47. The van der Waals surface area contributed by atoms with Gasteiger partial charge in [-0.25, -0.2) is 0 Å². The maximum Gasteiger partial charge on any atom is 0.356 e. The van der Waals surface area contributed by atoms with Crippen LogP contribution in [0.3, 0.4) is 0 Å². The highest BCUT2D eigenvalue weighted by molar-refractivity contribution is 8.03. The molecule has 1 aliphatic rings. The molecule has 1 unspecified atom stereocenters. The van der Waals surface area contributed by atoms with Crippen molar-refractivity contribution in [1.29, 1.82) is 0 Å². The number of nitrogens with one attached hydrogen (secondary N) is 1. The average molecular weight is 233 g/mol. The molecule has 76 valence electrons. The van der Waals surface area contributed by atoms with Gasteiger partial charge >= 0.3 is 14.5 Å². The Morgan fingerprint density at radius 1 is 1.43 bits per heavy atom. The number of hydrogen-bond acceptors (Lipinski definition) is 5. The van der Waals surface area contributed by atoms with Crippen LogP contribution in [0, 0.1) is 0 Å². The normalized spacial score (nSPS) is 25.0. The Morgan fingerprint density at radius 2 is 2.07 bits per heavy atom. The third kappa shape index (κ3) is 1.33. The molecule has 5 nitrogen and oxygen atoms in total. The molecule has 0 aromatic heterocycles. The first kappa shape index (κ1) is 9.63. The van der Waals surface area contributed by atoms with Crippen molar-refractivity contribution in [2.45, 2.75) is 4.39 Å². The number of ether oxygens (including phenoxy) is 1. The van der Waals surface area contributed by atoms with E-state index in [9.17, 15) is 8.42 Å². The standard InChI is InChI=1S/C7H7NO4S2/c9-14(10,11)7(13)8-5-3-1-2-4-6(5)12-7/h1-4,8,13H,(H,9,10,11). The third-order valence-electron chi connectivity index (χ3n) is 1.78. The van der Waals surface area contributed by atoms with Crippen LogP contribution in [-0.4, -0.2) is 17.4 Å². The van der Waals surface area contributed by atoms with Crippen LogP contribution in [-0.2, 0) is 10.1 Å².